The van der Waals surface area contributed by atoms with E-state index in [1.807, 2.05) is 19.1 Å². The molecule has 0 radical (unpaired) electrons. The highest BCUT2D eigenvalue weighted by Crippen LogP contribution is 2.21. The van der Waals surface area contributed by atoms with Gasteiger partial charge in [0.25, 0.3) is 15.9 Å². The van der Waals surface area contributed by atoms with Crippen molar-refractivity contribution in [2.45, 2.75) is 11.8 Å². The number of ether oxygens (including phenoxy) is 2. The summed E-state index contributed by atoms with van der Waals surface area (Å²) in [5, 5.41) is 0. The Morgan fingerprint density at radius 3 is 2.44 bits per heavy atom. The third-order valence-electron chi connectivity index (χ3n) is 4.25. The van der Waals surface area contributed by atoms with Gasteiger partial charge in [-0.05, 0) is 42.8 Å². The van der Waals surface area contributed by atoms with E-state index >= 15 is 0 Å². The lowest BCUT2D eigenvalue weighted by Crippen LogP contribution is -2.42. The minimum absolute atomic E-state index is 0.0897. The number of amides is 1. The Bertz CT molecular complexity index is 891. The molecule has 0 saturated carbocycles. The summed E-state index contributed by atoms with van der Waals surface area (Å²) in [6, 6.07) is 13.1. The van der Waals surface area contributed by atoms with Crippen molar-refractivity contribution in [3.63, 3.8) is 0 Å². The Morgan fingerprint density at radius 2 is 1.78 bits per heavy atom. The zero-order valence-electron chi connectivity index (χ0n) is 15.1. The quantitative estimate of drug-likeness (QED) is 0.816. The Balaban J connectivity index is 1.60. The highest BCUT2D eigenvalue weighted by Gasteiger charge is 2.18. The van der Waals surface area contributed by atoms with E-state index in [-0.39, 0.29) is 17.4 Å². The van der Waals surface area contributed by atoms with Gasteiger partial charge in [-0.1, -0.05) is 18.2 Å². The predicted octanol–water partition coefficient (Wildman–Crippen LogP) is 2.03. The molecule has 1 amide bonds. The van der Waals surface area contributed by atoms with E-state index in [1.165, 1.54) is 12.1 Å². The highest BCUT2D eigenvalue weighted by molar-refractivity contribution is 7.92. The highest BCUT2D eigenvalue weighted by atomic mass is 32.2. The number of morpholine rings is 1. The lowest BCUT2D eigenvalue weighted by molar-refractivity contribution is -0.137. The number of nitrogens with zero attached hydrogens (tertiary/aromatic N) is 1. The molecule has 2 aromatic carbocycles. The molecule has 0 unspecified atom stereocenters. The lowest BCUT2D eigenvalue weighted by atomic mass is 10.2. The van der Waals surface area contributed by atoms with E-state index in [0.717, 1.165) is 5.56 Å². The molecule has 1 fully saturated rings. The summed E-state index contributed by atoms with van der Waals surface area (Å²) in [5.74, 6) is 0.322. The van der Waals surface area contributed by atoms with Crippen LogP contribution < -0.4 is 9.46 Å². The van der Waals surface area contributed by atoms with Crippen LogP contribution in [0.4, 0.5) is 5.69 Å². The first-order valence-corrected chi connectivity index (χ1v) is 10.1. The van der Waals surface area contributed by atoms with Crippen LogP contribution in [0.1, 0.15) is 5.56 Å². The monoisotopic (exact) mass is 390 g/mol. The average molecular weight is 390 g/mol. The third-order valence-corrected chi connectivity index (χ3v) is 5.63. The van der Waals surface area contributed by atoms with Crippen molar-refractivity contribution in [2.24, 2.45) is 0 Å². The second kappa shape index (κ2) is 8.41. The Hall–Kier alpha value is -2.58. The number of hydrogen-bond acceptors (Lipinski definition) is 5. The van der Waals surface area contributed by atoms with E-state index in [0.29, 0.717) is 37.7 Å². The fourth-order valence-electron chi connectivity index (χ4n) is 2.66. The SMILES string of the molecule is Cc1ccccc1NS(=O)(=O)c1ccc(OCC(=O)N2CCOCC2)cc1. The summed E-state index contributed by atoms with van der Waals surface area (Å²) in [7, 11) is -3.70. The Morgan fingerprint density at radius 1 is 1.11 bits per heavy atom. The second-order valence-corrected chi connectivity index (χ2v) is 7.86. The van der Waals surface area contributed by atoms with Crippen molar-refractivity contribution >= 4 is 21.6 Å². The molecule has 0 aliphatic carbocycles. The predicted molar refractivity (Wildman–Crippen MR) is 101 cm³/mol. The van der Waals surface area contributed by atoms with E-state index in [1.54, 1.807) is 29.2 Å². The molecule has 7 nitrogen and oxygen atoms in total. The van der Waals surface area contributed by atoms with Crippen molar-refractivity contribution in [1.29, 1.82) is 0 Å². The molecule has 144 valence electrons. The smallest absolute Gasteiger partial charge is 0.261 e. The normalized spacial score (nSPS) is 14.6. The zero-order valence-corrected chi connectivity index (χ0v) is 15.9. The van der Waals surface area contributed by atoms with Crippen LogP contribution in [0.5, 0.6) is 5.75 Å². The Labute approximate surface area is 158 Å². The number of hydrogen-bond donors (Lipinski definition) is 1. The molecule has 2 aromatic rings. The fourth-order valence-corrected chi connectivity index (χ4v) is 3.79. The summed E-state index contributed by atoms with van der Waals surface area (Å²) in [6.45, 7) is 3.93. The van der Waals surface area contributed by atoms with Crippen molar-refractivity contribution in [1.82, 2.24) is 4.90 Å². The number of nitrogens with one attached hydrogen (secondary N) is 1. The van der Waals surface area contributed by atoms with Gasteiger partial charge >= 0.3 is 0 Å². The maximum Gasteiger partial charge on any atom is 0.261 e. The number of rotatable bonds is 6. The summed E-state index contributed by atoms with van der Waals surface area (Å²) < 4.78 is 38.3. The standard InChI is InChI=1S/C19H22N2O5S/c1-15-4-2-3-5-18(15)20-27(23,24)17-8-6-16(7-9-17)26-14-19(22)21-10-12-25-13-11-21/h2-9,20H,10-14H2,1H3. The summed E-state index contributed by atoms with van der Waals surface area (Å²) in [4.78, 5) is 13.9. The van der Waals surface area contributed by atoms with Crippen LogP contribution in [0.25, 0.3) is 0 Å². The Kier molecular flexibility index (Phi) is 5.98. The van der Waals surface area contributed by atoms with Crippen LogP contribution in [0.3, 0.4) is 0 Å². The molecular weight excluding hydrogens is 368 g/mol. The minimum Gasteiger partial charge on any atom is -0.484 e. The maximum atomic E-state index is 12.5. The molecule has 27 heavy (non-hydrogen) atoms. The molecule has 1 saturated heterocycles. The summed E-state index contributed by atoms with van der Waals surface area (Å²) >= 11 is 0. The number of carbonyl (C=O) groups is 1. The molecule has 8 heteroatoms. The summed E-state index contributed by atoms with van der Waals surface area (Å²) in [5.41, 5.74) is 1.37. The van der Waals surface area contributed by atoms with Crippen molar-refractivity contribution in [2.75, 3.05) is 37.6 Å². The van der Waals surface area contributed by atoms with Crippen LogP contribution in [0, 0.1) is 6.92 Å². The summed E-state index contributed by atoms with van der Waals surface area (Å²) in [6.07, 6.45) is 0. The van der Waals surface area contributed by atoms with E-state index in [2.05, 4.69) is 4.72 Å². The maximum absolute atomic E-state index is 12.5. The number of aryl methyl sites for hydroxylation is 1. The van der Waals surface area contributed by atoms with Gasteiger partial charge in [-0.25, -0.2) is 8.42 Å². The first-order chi connectivity index (χ1) is 13.0. The van der Waals surface area contributed by atoms with E-state index < -0.39 is 10.0 Å². The molecule has 3 rings (SSSR count). The lowest BCUT2D eigenvalue weighted by Gasteiger charge is -2.26. The van der Waals surface area contributed by atoms with Crippen LogP contribution in [0.15, 0.2) is 53.4 Å². The molecule has 1 N–H and O–H groups in total. The zero-order chi connectivity index (χ0) is 19.3. The van der Waals surface area contributed by atoms with Gasteiger partial charge in [0, 0.05) is 13.1 Å². The van der Waals surface area contributed by atoms with Gasteiger partial charge in [0.15, 0.2) is 6.61 Å². The largest absolute Gasteiger partial charge is 0.484 e. The van der Waals surface area contributed by atoms with Gasteiger partial charge in [-0.15, -0.1) is 0 Å². The van der Waals surface area contributed by atoms with Crippen LogP contribution in [-0.2, 0) is 19.6 Å². The third kappa shape index (κ3) is 4.99. The molecule has 1 aliphatic rings. The molecular formula is C19H22N2O5S. The van der Waals surface area contributed by atoms with Gasteiger partial charge in [-0.3, -0.25) is 9.52 Å². The topological polar surface area (TPSA) is 84.9 Å². The molecule has 0 atom stereocenters. The number of anilines is 1. The van der Waals surface area contributed by atoms with Crippen molar-refractivity contribution in [3.05, 3.63) is 54.1 Å². The molecule has 1 heterocycles. The molecule has 0 spiro atoms. The van der Waals surface area contributed by atoms with Gasteiger partial charge in [-0.2, -0.15) is 0 Å². The first kappa shape index (κ1) is 19.2. The number of para-hydroxylation sites is 1. The number of benzene rings is 2. The van der Waals surface area contributed by atoms with Crippen molar-refractivity contribution < 1.29 is 22.7 Å². The number of carbonyl (C=O) groups excluding carboxylic acids is 1. The average Bonchev–Trinajstić information content (AvgIpc) is 2.69. The second-order valence-electron chi connectivity index (χ2n) is 6.17. The van der Waals surface area contributed by atoms with Crippen LogP contribution >= 0.6 is 0 Å². The van der Waals surface area contributed by atoms with Gasteiger partial charge in [0.2, 0.25) is 0 Å². The molecule has 0 bridgehead atoms. The van der Waals surface area contributed by atoms with Gasteiger partial charge in [0.05, 0.1) is 23.8 Å². The minimum atomic E-state index is -3.70. The van der Waals surface area contributed by atoms with Crippen molar-refractivity contribution in [3.8, 4) is 5.75 Å². The first-order valence-electron chi connectivity index (χ1n) is 8.62. The van der Waals surface area contributed by atoms with Crippen LogP contribution in [0.2, 0.25) is 0 Å². The molecule has 0 aromatic heterocycles. The van der Waals surface area contributed by atoms with Gasteiger partial charge < -0.3 is 14.4 Å². The number of sulfonamides is 1. The van der Waals surface area contributed by atoms with E-state index in [4.69, 9.17) is 9.47 Å². The van der Waals surface area contributed by atoms with E-state index in [9.17, 15) is 13.2 Å². The van der Waals surface area contributed by atoms with Crippen LogP contribution in [-0.4, -0.2) is 52.1 Å². The molecule has 1 aliphatic heterocycles. The fraction of sp³-hybridized carbons (Fsp3) is 0.316. The van der Waals surface area contributed by atoms with Gasteiger partial charge in [0.1, 0.15) is 5.75 Å².